The van der Waals surface area contributed by atoms with Gasteiger partial charge in [0.2, 0.25) is 0 Å². The van der Waals surface area contributed by atoms with E-state index in [-0.39, 0.29) is 23.4 Å². The molecular formula is C14H14FN3O2. The van der Waals surface area contributed by atoms with E-state index in [0.29, 0.717) is 5.56 Å². The predicted octanol–water partition coefficient (Wildman–Crippen LogP) is 2.51. The van der Waals surface area contributed by atoms with E-state index in [4.69, 9.17) is 5.11 Å². The number of carboxylic acid groups (broad SMARTS) is 1. The molecule has 0 bridgehead atoms. The van der Waals surface area contributed by atoms with Crippen LogP contribution < -0.4 is 4.90 Å². The van der Waals surface area contributed by atoms with E-state index in [1.54, 1.807) is 37.1 Å². The predicted molar refractivity (Wildman–Crippen MR) is 72.2 cm³/mol. The minimum atomic E-state index is -1.17. The molecule has 1 aromatic heterocycles. The van der Waals surface area contributed by atoms with Gasteiger partial charge in [0.15, 0.2) is 11.5 Å². The average molecular weight is 275 g/mol. The number of hydrogen-bond donors (Lipinski definition) is 1. The second-order valence-corrected chi connectivity index (χ2v) is 4.34. The van der Waals surface area contributed by atoms with Gasteiger partial charge in [0, 0.05) is 25.0 Å². The maximum atomic E-state index is 13.8. The fourth-order valence-electron chi connectivity index (χ4n) is 1.95. The van der Waals surface area contributed by atoms with Gasteiger partial charge in [-0.15, -0.1) is 0 Å². The van der Waals surface area contributed by atoms with Crippen LogP contribution in [-0.2, 0) is 0 Å². The number of rotatable bonds is 4. The molecule has 0 saturated carbocycles. The number of nitrogens with zero attached hydrogens (tertiary/aromatic N) is 3. The van der Waals surface area contributed by atoms with E-state index in [0.717, 1.165) is 0 Å². The standard InChI is InChI=1S/C14H14FN3O2/c1-9(10-5-3-4-6-11(10)15)18(2)13-12(14(19)20)16-7-8-17-13/h3-9H,1-2H3,(H,19,20). The van der Waals surface area contributed by atoms with Gasteiger partial charge >= 0.3 is 5.97 Å². The SMILES string of the molecule is CC(c1ccccc1F)N(C)c1nccnc1C(=O)O. The zero-order valence-corrected chi connectivity index (χ0v) is 11.1. The fraction of sp³-hybridized carbons (Fsp3) is 0.214. The molecule has 104 valence electrons. The molecular weight excluding hydrogens is 261 g/mol. The quantitative estimate of drug-likeness (QED) is 0.928. The summed E-state index contributed by atoms with van der Waals surface area (Å²) in [5, 5.41) is 9.12. The molecule has 0 aliphatic rings. The third-order valence-electron chi connectivity index (χ3n) is 3.15. The summed E-state index contributed by atoms with van der Waals surface area (Å²) >= 11 is 0. The summed E-state index contributed by atoms with van der Waals surface area (Å²) < 4.78 is 13.8. The Kier molecular flexibility index (Phi) is 3.93. The van der Waals surface area contributed by atoms with Gasteiger partial charge in [0.1, 0.15) is 5.82 Å². The molecule has 2 rings (SSSR count). The average Bonchev–Trinajstić information content (AvgIpc) is 2.46. The molecule has 6 heteroatoms. The number of aromatic nitrogens is 2. The zero-order valence-electron chi connectivity index (χ0n) is 11.1. The molecule has 0 radical (unpaired) electrons. The van der Waals surface area contributed by atoms with Crippen molar-refractivity contribution in [2.75, 3.05) is 11.9 Å². The number of aromatic carboxylic acids is 1. The van der Waals surface area contributed by atoms with Gasteiger partial charge in [-0.1, -0.05) is 18.2 Å². The van der Waals surface area contributed by atoms with E-state index in [1.807, 2.05) is 0 Å². The normalized spacial score (nSPS) is 11.9. The number of anilines is 1. The molecule has 1 aromatic carbocycles. The third kappa shape index (κ3) is 2.59. The monoisotopic (exact) mass is 275 g/mol. The summed E-state index contributed by atoms with van der Waals surface area (Å²) in [5.41, 5.74) is 0.315. The molecule has 5 nitrogen and oxygen atoms in total. The van der Waals surface area contributed by atoms with E-state index in [9.17, 15) is 9.18 Å². The molecule has 2 aromatic rings. The van der Waals surface area contributed by atoms with Crippen molar-refractivity contribution in [3.63, 3.8) is 0 Å². The lowest BCUT2D eigenvalue weighted by molar-refractivity contribution is 0.0690. The van der Waals surface area contributed by atoms with E-state index in [2.05, 4.69) is 9.97 Å². The molecule has 0 spiro atoms. The Labute approximate surface area is 115 Å². The maximum Gasteiger partial charge on any atom is 0.358 e. The van der Waals surface area contributed by atoms with Crippen LogP contribution in [0.2, 0.25) is 0 Å². The fourth-order valence-corrected chi connectivity index (χ4v) is 1.95. The lowest BCUT2D eigenvalue weighted by atomic mass is 10.1. The second kappa shape index (κ2) is 5.64. The van der Waals surface area contributed by atoms with Gasteiger partial charge in [-0.2, -0.15) is 0 Å². The lowest BCUT2D eigenvalue weighted by Gasteiger charge is -2.27. The molecule has 1 heterocycles. The Morgan fingerprint density at radius 2 is 1.95 bits per heavy atom. The Hall–Kier alpha value is -2.50. The van der Waals surface area contributed by atoms with Crippen molar-refractivity contribution in [1.29, 1.82) is 0 Å². The van der Waals surface area contributed by atoms with Gasteiger partial charge in [0.25, 0.3) is 0 Å². The van der Waals surface area contributed by atoms with Crippen molar-refractivity contribution in [1.82, 2.24) is 9.97 Å². The van der Waals surface area contributed by atoms with Gasteiger partial charge in [-0.05, 0) is 13.0 Å². The largest absolute Gasteiger partial charge is 0.476 e. The summed E-state index contributed by atoms with van der Waals surface area (Å²) in [6.45, 7) is 1.78. The summed E-state index contributed by atoms with van der Waals surface area (Å²) in [6.07, 6.45) is 2.72. The summed E-state index contributed by atoms with van der Waals surface area (Å²) in [7, 11) is 1.66. The number of hydrogen-bond acceptors (Lipinski definition) is 4. The summed E-state index contributed by atoms with van der Waals surface area (Å²) in [4.78, 5) is 20.6. The lowest BCUT2D eigenvalue weighted by Crippen LogP contribution is -2.26. The van der Waals surface area contributed by atoms with Crippen LogP contribution in [0, 0.1) is 5.82 Å². The molecule has 0 saturated heterocycles. The van der Waals surface area contributed by atoms with Crippen LogP contribution in [0.5, 0.6) is 0 Å². The topological polar surface area (TPSA) is 66.3 Å². The first-order valence-corrected chi connectivity index (χ1v) is 6.04. The maximum absolute atomic E-state index is 13.8. The highest BCUT2D eigenvalue weighted by Crippen LogP contribution is 2.26. The molecule has 1 atom stereocenters. The Balaban J connectivity index is 2.39. The second-order valence-electron chi connectivity index (χ2n) is 4.34. The van der Waals surface area contributed by atoms with Crippen LogP contribution in [0.15, 0.2) is 36.7 Å². The van der Waals surface area contributed by atoms with Crippen molar-refractivity contribution in [3.05, 3.63) is 53.7 Å². The number of halogens is 1. The highest BCUT2D eigenvalue weighted by molar-refractivity contribution is 5.90. The highest BCUT2D eigenvalue weighted by atomic mass is 19.1. The Morgan fingerprint density at radius 3 is 2.60 bits per heavy atom. The molecule has 1 N–H and O–H groups in total. The van der Waals surface area contributed by atoms with Gasteiger partial charge in [0.05, 0.1) is 6.04 Å². The van der Waals surface area contributed by atoms with Crippen LogP contribution in [0.4, 0.5) is 10.2 Å². The van der Waals surface area contributed by atoms with E-state index >= 15 is 0 Å². The summed E-state index contributed by atoms with van der Waals surface area (Å²) in [6, 6.07) is 6.00. The summed E-state index contributed by atoms with van der Waals surface area (Å²) in [5.74, 6) is -1.30. The molecule has 0 fully saturated rings. The molecule has 0 aliphatic carbocycles. The number of carboxylic acids is 1. The molecule has 20 heavy (non-hydrogen) atoms. The van der Waals surface area contributed by atoms with Crippen molar-refractivity contribution < 1.29 is 14.3 Å². The van der Waals surface area contributed by atoms with Crippen LogP contribution in [0.3, 0.4) is 0 Å². The van der Waals surface area contributed by atoms with E-state index < -0.39 is 5.97 Å². The van der Waals surface area contributed by atoms with Crippen LogP contribution in [0.25, 0.3) is 0 Å². The van der Waals surface area contributed by atoms with Crippen molar-refractivity contribution >= 4 is 11.8 Å². The number of carbonyl (C=O) groups is 1. The first-order chi connectivity index (χ1) is 9.52. The minimum Gasteiger partial charge on any atom is -0.476 e. The van der Waals surface area contributed by atoms with Crippen molar-refractivity contribution in [2.45, 2.75) is 13.0 Å². The van der Waals surface area contributed by atoms with Crippen LogP contribution >= 0.6 is 0 Å². The molecule has 1 unspecified atom stereocenters. The van der Waals surface area contributed by atoms with Crippen LogP contribution in [0.1, 0.15) is 29.0 Å². The van der Waals surface area contributed by atoms with Crippen LogP contribution in [-0.4, -0.2) is 28.1 Å². The third-order valence-corrected chi connectivity index (χ3v) is 3.15. The highest BCUT2D eigenvalue weighted by Gasteiger charge is 2.22. The van der Waals surface area contributed by atoms with Crippen molar-refractivity contribution in [2.24, 2.45) is 0 Å². The Bertz CT molecular complexity index is 633. The van der Waals surface area contributed by atoms with Gasteiger partial charge in [-0.25, -0.2) is 19.2 Å². The molecule has 0 amide bonds. The molecule has 0 aliphatic heterocycles. The minimum absolute atomic E-state index is 0.154. The zero-order chi connectivity index (χ0) is 14.7. The smallest absolute Gasteiger partial charge is 0.358 e. The van der Waals surface area contributed by atoms with Gasteiger partial charge < -0.3 is 10.0 Å². The van der Waals surface area contributed by atoms with Gasteiger partial charge in [-0.3, -0.25) is 0 Å². The first-order valence-electron chi connectivity index (χ1n) is 6.04. The first kappa shape index (κ1) is 13.9. The Morgan fingerprint density at radius 1 is 1.30 bits per heavy atom. The van der Waals surface area contributed by atoms with E-state index in [1.165, 1.54) is 18.5 Å². The van der Waals surface area contributed by atoms with Crippen molar-refractivity contribution in [3.8, 4) is 0 Å². The number of benzene rings is 1.